The Morgan fingerprint density at radius 3 is 1.78 bits per heavy atom. The standard InChI is InChI=1S/C41H28N2O2S/c1-2-37-42-34-22-12-24-36-41(34)43(37)40-29(21-11-23-35(40)46(36,44)45)27-15-10-16-28(25-27)39-32-19-8-6-17-30(32)38(26-13-4-3-5-14-26)31-18-7-9-20-33(31)39/h3-25H,2H2,1H3. The van der Waals surface area contributed by atoms with Crippen molar-refractivity contribution in [1.29, 1.82) is 0 Å². The van der Waals surface area contributed by atoms with E-state index in [9.17, 15) is 8.42 Å². The summed E-state index contributed by atoms with van der Waals surface area (Å²) < 4.78 is 30.2. The highest BCUT2D eigenvalue weighted by Gasteiger charge is 2.34. The molecule has 0 radical (unpaired) electrons. The Hall–Kier alpha value is -5.52. The fourth-order valence-electron chi connectivity index (χ4n) is 7.36. The summed E-state index contributed by atoms with van der Waals surface area (Å²) in [5.41, 5.74) is 8.49. The molecule has 0 amide bonds. The molecule has 220 valence electrons. The number of rotatable bonds is 4. The van der Waals surface area contributed by atoms with Crippen molar-refractivity contribution in [3.63, 3.8) is 0 Å². The first-order valence-corrected chi connectivity index (χ1v) is 17.0. The molecule has 9 rings (SSSR count). The predicted octanol–water partition coefficient (Wildman–Crippen LogP) is 10.0. The van der Waals surface area contributed by atoms with Crippen molar-refractivity contribution in [3.8, 4) is 39.1 Å². The molecular formula is C41H28N2O2S. The van der Waals surface area contributed by atoms with Gasteiger partial charge in [-0.3, -0.25) is 4.57 Å². The Morgan fingerprint density at radius 2 is 1.11 bits per heavy atom. The van der Waals surface area contributed by atoms with Gasteiger partial charge in [-0.25, -0.2) is 13.4 Å². The molecule has 0 saturated heterocycles. The highest BCUT2D eigenvalue weighted by atomic mass is 32.2. The lowest BCUT2D eigenvalue weighted by atomic mass is 9.85. The van der Waals surface area contributed by atoms with Gasteiger partial charge in [0.05, 0.1) is 26.5 Å². The number of sulfone groups is 1. The van der Waals surface area contributed by atoms with Gasteiger partial charge in [0.1, 0.15) is 5.82 Å². The Balaban J connectivity index is 1.34. The van der Waals surface area contributed by atoms with Crippen LogP contribution >= 0.6 is 0 Å². The minimum atomic E-state index is -3.74. The summed E-state index contributed by atoms with van der Waals surface area (Å²) in [5.74, 6) is 0.843. The van der Waals surface area contributed by atoms with E-state index in [1.165, 1.54) is 32.7 Å². The van der Waals surface area contributed by atoms with Crippen molar-refractivity contribution in [1.82, 2.24) is 9.55 Å². The second-order valence-corrected chi connectivity index (χ2v) is 13.7. The molecule has 0 atom stereocenters. The summed E-state index contributed by atoms with van der Waals surface area (Å²) in [5, 5.41) is 4.74. The number of nitrogens with zero attached hydrogens (tertiary/aromatic N) is 2. The minimum Gasteiger partial charge on any atom is -0.293 e. The first-order chi connectivity index (χ1) is 22.6. The van der Waals surface area contributed by atoms with Crippen LogP contribution in [-0.4, -0.2) is 18.0 Å². The van der Waals surface area contributed by atoms with Crippen molar-refractivity contribution in [2.75, 3.05) is 0 Å². The average molecular weight is 613 g/mol. The topological polar surface area (TPSA) is 52.0 Å². The molecule has 0 aliphatic carbocycles. The van der Waals surface area contributed by atoms with E-state index in [0.717, 1.165) is 28.1 Å². The summed E-state index contributed by atoms with van der Waals surface area (Å²) in [6, 6.07) is 47.4. The molecule has 2 heterocycles. The van der Waals surface area contributed by atoms with Crippen LogP contribution in [0.3, 0.4) is 0 Å². The van der Waals surface area contributed by atoms with Gasteiger partial charge in [0.15, 0.2) is 0 Å². The van der Waals surface area contributed by atoms with Crippen LogP contribution in [0.5, 0.6) is 0 Å². The van der Waals surface area contributed by atoms with E-state index in [2.05, 4.69) is 115 Å². The quantitative estimate of drug-likeness (QED) is 0.186. The van der Waals surface area contributed by atoms with Crippen molar-refractivity contribution < 1.29 is 8.42 Å². The molecule has 0 fully saturated rings. The van der Waals surface area contributed by atoms with Crippen LogP contribution in [-0.2, 0) is 16.3 Å². The van der Waals surface area contributed by atoms with Gasteiger partial charge in [-0.05, 0) is 73.6 Å². The molecule has 1 aliphatic heterocycles. The molecule has 1 aromatic heterocycles. The fraction of sp³-hybridized carbons (Fsp3) is 0.0488. The van der Waals surface area contributed by atoms with Crippen molar-refractivity contribution in [2.24, 2.45) is 0 Å². The highest BCUT2D eigenvalue weighted by Crippen LogP contribution is 2.46. The Morgan fingerprint density at radius 1 is 0.565 bits per heavy atom. The summed E-state index contributed by atoms with van der Waals surface area (Å²) in [6.45, 7) is 2.06. The molecule has 4 nitrogen and oxygen atoms in total. The number of imidazole rings is 1. The zero-order chi connectivity index (χ0) is 31.0. The van der Waals surface area contributed by atoms with Crippen LogP contribution in [0.1, 0.15) is 12.7 Å². The molecule has 0 unspecified atom stereocenters. The maximum Gasteiger partial charge on any atom is 0.210 e. The Kier molecular flexibility index (Phi) is 5.83. The van der Waals surface area contributed by atoms with Gasteiger partial charge in [0.25, 0.3) is 0 Å². The maximum atomic E-state index is 14.1. The lowest BCUT2D eigenvalue weighted by molar-refractivity contribution is 0.594. The molecule has 0 spiro atoms. The molecule has 7 aromatic carbocycles. The summed E-state index contributed by atoms with van der Waals surface area (Å²) in [4.78, 5) is 5.49. The van der Waals surface area contributed by atoms with Gasteiger partial charge in [0, 0.05) is 12.0 Å². The Labute approximate surface area is 267 Å². The summed E-state index contributed by atoms with van der Waals surface area (Å²) in [7, 11) is -3.74. The number of aromatic nitrogens is 2. The first kappa shape index (κ1) is 26.8. The number of aryl methyl sites for hydroxylation is 1. The normalized spacial score (nSPS) is 13.3. The van der Waals surface area contributed by atoms with E-state index < -0.39 is 9.84 Å². The van der Waals surface area contributed by atoms with Crippen LogP contribution in [0.15, 0.2) is 149 Å². The zero-order valence-corrected chi connectivity index (χ0v) is 25.9. The van der Waals surface area contributed by atoms with Crippen LogP contribution in [0, 0.1) is 0 Å². The van der Waals surface area contributed by atoms with E-state index in [1.807, 2.05) is 18.2 Å². The van der Waals surface area contributed by atoms with Crippen LogP contribution in [0.25, 0.3) is 71.6 Å². The molecule has 5 heteroatoms. The van der Waals surface area contributed by atoms with Gasteiger partial charge < -0.3 is 0 Å². The van der Waals surface area contributed by atoms with Crippen molar-refractivity contribution >= 4 is 42.4 Å². The minimum absolute atomic E-state index is 0.311. The van der Waals surface area contributed by atoms with Crippen molar-refractivity contribution in [3.05, 3.63) is 145 Å². The fourth-order valence-corrected chi connectivity index (χ4v) is 9.02. The number of hydrogen-bond acceptors (Lipinski definition) is 3. The molecular weight excluding hydrogens is 585 g/mol. The average Bonchev–Trinajstić information content (AvgIpc) is 3.49. The van der Waals surface area contributed by atoms with Gasteiger partial charge in [0.2, 0.25) is 9.84 Å². The number of fused-ring (bicyclic) bond motifs is 4. The smallest absolute Gasteiger partial charge is 0.210 e. The lowest BCUT2D eigenvalue weighted by Crippen LogP contribution is -2.16. The van der Waals surface area contributed by atoms with E-state index in [4.69, 9.17) is 4.98 Å². The maximum absolute atomic E-state index is 14.1. The lowest BCUT2D eigenvalue weighted by Gasteiger charge is -2.24. The van der Waals surface area contributed by atoms with Gasteiger partial charge in [-0.2, -0.15) is 0 Å². The van der Waals surface area contributed by atoms with E-state index in [1.54, 1.807) is 18.2 Å². The monoisotopic (exact) mass is 612 g/mol. The molecule has 0 bridgehead atoms. The zero-order valence-electron chi connectivity index (χ0n) is 25.1. The van der Waals surface area contributed by atoms with Crippen LogP contribution < -0.4 is 0 Å². The van der Waals surface area contributed by atoms with Gasteiger partial charge in [-0.15, -0.1) is 0 Å². The number of para-hydroxylation sites is 2. The summed E-state index contributed by atoms with van der Waals surface area (Å²) >= 11 is 0. The van der Waals surface area contributed by atoms with Crippen molar-refractivity contribution in [2.45, 2.75) is 23.1 Å². The van der Waals surface area contributed by atoms with E-state index >= 15 is 0 Å². The third-order valence-electron chi connectivity index (χ3n) is 9.28. The number of hydrogen-bond donors (Lipinski definition) is 0. The molecule has 0 saturated carbocycles. The van der Waals surface area contributed by atoms with Gasteiger partial charge >= 0.3 is 0 Å². The second-order valence-electron chi connectivity index (χ2n) is 11.8. The Bertz CT molecular complexity index is 2580. The van der Waals surface area contributed by atoms with Gasteiger partial charge in [-0.1, -0.05) is 122 Å². The molecule has 8 aromatic rings. The third-order valence-corrected chi connectivity index (χ3v) is 11.1. The van der Waals surface area contributed by atoms with Crippen LogP contribution in [0.4, 0.5) is 0 Å². The molecule has 0 N–H and O–H groups in total. The SMILES string of the molecule is CCc1nc2cccc3c2n1-c1c(-c2cccc(-c4c5ccccc5c(-c5ccccc5)c5ccccc45)c2)cccc1S3(=O)=O. The second kappa shape index (κ2) is 9.99. The van der Waals surface area contributed by atoms with E-state index in [-0.39, 0.29) is 0 Å². The summed E-state index contributed by atoms with van der Waals surface area (Å²) in [6.07, 6.45) is 0.674. The predicted molar refractivity (Wildman–Crippen MR) is 187 cm³/mol. The third kappa shape index (κ3) is 3.72. The number of benzene rings is 7. The molecule has 1 aliphatic rings. The van der Waals surface area contributed by atoms with E-state index in [0.29, 0.717) is 32.9 Å². The molecule has 46 heavy (non-hydrogen) atoms. The highest BCUT2D eigenvalue weighted by molar-refractivity contribution is 7.92. The largest absolute Gasteiger partial charge is 0.293 e. The van der Waals surface area contributed by atoms with Crippen LogP contribution in [0.2, 0.25) is 0 Å². The first-order valence-electron chi connectivity index (χ1n) is 15.5.